The number of hydrogen-bond acceptors (Lipinski definition) is 3. The molecule has 1 aliphatic carbocycles. The summed E-state index contributed by atoms with van der Waals surface area (Å²) in [6.45, 7) is 4.72. The molecule has 2 atom stereocenters. The van der Waals surface area contributed by atoms with E-state index in [2.05, 4.69) is 182 Å². The fourth-order valence-corrected chi connectivity index (χ4v) is 7.66. The fraction of sp³-hybridized carbons (Fsp3) is 0.109. The fourth-order valence-electron chi connectivity index (χ4n) is 7.66. The number of fused-ring (bicyclic) bond motifs is 4. The Morgan fingerprint density at radius 3 is 1.80 bits per heavy atom. The van der Waals surface area contributed by atoms with Gasteiger partial charge in [-0.25, -0.2) is 4.99 Å². The quantitative estimate of drug-likeness (QED) is 0.198. The first-order valence-electron chi connectivity index (χ1n) is 17.1. The van der Waals surface area contributed by atoms with Crippen LogP contribution in [0, 0.1) is 0 Å². The molecule has 0 bridgehead atoms. The van der Waals surface area contributed by atoms with Crippen molar-refractivity contribution < 1.29 is 0 Å². The molecule has 0 fully saturated rings. The van der Waals surface area contributed by atoms with Crippen LogP contribution in [0.4, 0.5) is 0 Å². The highest BCUT2D eigenvalue weighted by Crippen LogP contribution is 2.51. The number of nitrogens with zero attached hydrogens (tertiary/aromatic N) is 1. The standard InChI is InChI=1S/C46H37N3/c1-46(2)41-29-37(23-24-39(41)40-27-35-17-9-10-18-36(35)28-42(40)46)33-20-11-19-32(25-33)34-21-12-22-38(26-34)45-48-43(30-13-5-3-6-14-30)47-44(49-45)31-15-7-4-8-16-31/h3-29,43,45,48H,1-2H3,(H,47,49). The van der Waals surface area contributed by atoms with Gasteiger partial charge in [0.05, 0.1) is 0 Å². The Morgan fingerprint density at radius 2 is 1.04 bits per heavy atom. The topological polar surface area (TPSA) is 36.4 Å². The van der Waals surface area contributed by atoms with Crippen molar-refractivity contribution in [1.82, 2.24) is 10.6 Å². The lowest BCUT2D eigenvalue weighted by Crippen LogP contribution is -2.44. The first kappa shape index (κ1) is 29.4. The number of hydrogen-bond donors (Lipinski definition) is 2. The zero-order valence-corrected chi connectivity index (χ0v) is 27.7. The van der Waals surface area contributed by atoms with Gasteiger partial charge in [-0.2, -0.15) is 0 Å². The highest BCUT2D eigenvalue weighted by Gasteiger charge is 2.36. The second-order valence-electron chi connectivity index (χ2n) is 13.7. The van der Waals surface area contributed by atoms with Crippen LogP contribution >= 0.6 is 0 Å². The Balaban J connectivity index is 1.06. The van der Waals surface area contributed by atoms with Crippen molar-refractivity contribution in [3.05, 3.63) is 192 Å². The van der Waals surface area contributed by atoms with Gasteiger partial charge in [-0.1, -0.05) is 147 Å². The minimum absolute atomic E-state index is 0.0699. The van der Waals surface area contributed by atoms with Crippen molar-refractivity contribution in [2.75, 3.05) is 0 Å². The summed E-state index contributed by atoms with van der Waals surface area (Å²) in [7, 11) is 0. The van der Waals surface area contributed by atoms with E-state index >= 15 is 0 Å². The molecule has 0 saturated heterocycles. The van der Waals surface area contributed by atoms with Gasteiger partial charge in [0.2, 0.25) is 0 Å². The first-order valence-corrected chi connectivity index (χ1v) is 17.1. The molecule has 3 heteroatoms. The lowest BCUT2D eigenvalue weighted by Gasteiger charge is -2.32. The van der Waals surface area contributed by atoms with E-state index in [9.17, 15) is 0 Å². The van der Waals surface area contributed by atoms with Crippen molar-refractivity contribution >= 4 is 16.6 Å². The molecular weight excluding hydrogens is 595 g/mol. The molecule has 1 aliphatic heterocycles. The van der Waals surface area contributed by atoms with Gasteiger partial charge in [-0.3, -0.25) is 5.32 Å². The Hall–Kier alpha value is -5.77. The van der Waals surface area contributed by atoms with E-state index in [0.717, 1.165) is 17.0 Å². The van der Waals surface area contributed by atoms with Crippen LogP contribution in [0.2, 0.25) is 0 Å². The van der Waals surface area contributed by atoms with E-state index in [4.69, 9.17) is 4.99 Å². The second kappa shape index (κ2) is 11.7. The molecule has 7 aromatic carbocycles. The molecule has 1 heterocycles. The zero-order valence-electron chi connectivity index (χ0n) is 27.7. The SMILES string of the molecule is CC1(C)c2cc(-c3cccc(-c4cccc(C5N=C(c6ccccc6)NC(c6ccccc6)N5)c4)c3)ccc2-c2cc3ccccc3cc21. The molecule has 0 radical (unpaired) electrons. The lowest BCUT2D eigenvalue weighted by molar-refractivity contribution is 0.409. The molecule has 0 spiro atoms. The summed E-state index contributed by atoms with van der Waals surface area (Å²) < 4.78 is 0. The monoisotopic (exact) mass is 631 g/mol. The van der Waals surface area contributed by atoms with Gasteiger partial charge in [0.1, 0.15) is 18.2 Å². The zero-order chi connectivity index (χ0) is 33.0. The summed E-state index contributed by atoms with van der Waals surface area (Å²) in [6, 6.07) is 59.1. The summed E-state index contributed by atoms with van der Waals surface area (Å²) in [6.07, 6.45) is -0.276. The van der Waals surface area contributed by atoms with Crippen molar-refractivity contribution in [3.8, 4) is 33.4 Å². The number of benzene rings is 7. The summed E-state index contributed by atoms with van der Waals surface area (Å²) in [5, 5.41) is 9.98. The third kappa shape index (κ3) is 5.24. The molecular formula is C46H37N3. The Kier molecular flexibility index (Phi) is 7.03. The third-order valence-electron chi connectivity index (χ3n) is 10.3. The van der Waals surface area contributed by atoms with Crippen LogP contribution in [0.25, 0.3) is 44.2 Å². The highest BCUT2D eigenvalue weighted by atomic mass is 15.3. The van der Waals surface area contributed by atoms with Gasteiger partial charge in [-0.05, 0) is 96.7 Å². The molecule has 7 aromatic rings. The van der Waals surface area contributed by atoms with Crippen LogP contribution in [0.1, 0.15) is 54.0 Å². The Bertz CT molecular complexity index is 2370. The summed E-state index contributed by atoms with van der Waals surface area (Å²) in [5.41, 5.74) is 13.6. The molecule has 2 unspecified atom stereocenters. The predicted molar refractivity (Wildman–Crippen MR) is 204 cm³/mol. The normalized spacial score (nSPS) is 17.6. The minimum atomic E-state index is -0.206. The van der Waals surface area contributed by atoms with E-state index in [1.807, 2.05) is 6.07 Å². The Labute approximate surface area is 288 Å². The summed E-state index contributed by atoms with van der Waals surface area (Å²) >= 11 is 0. The minimum Gasteiger partial charge on any atom is -0.350 e. The highest BCUT2D eigenvalue weighted by molar-refractivity contribution is 5.99. The number of aliphatic imine (C=N–C) groups is 1. The molecule has 2 N–H and O–H groups in total. The maximum atomic E-state index is 5.17. The maximum absolute atomic E-state index is 5.17. The molecule has 0 aromatic heterocycles. The van der Waals surface area contributed by atoms with Gasteiger partial charge in [-0.15, -0.1) is 0 Å². The van der Waals surface area contributed by atoms with Crippen LogP contribution in [-0.2, 0) is 5.41 Å². The van der Waals surface area contributed by atoms with Crippen molar-refractivity contribution in [1.29, 1.82) is 0 Å². The predicted octanol–water partition coefficient (Wildman–Crippen LogP) is 10.8. The molecule has 0 saturated carbocycles. The van der Waals surface area contributed by atoms with Gasteiger partial charge < -0.3 is 5.32 Å². The molecule has 49 heavy (non-hydrogen) atoms. The van der Waals surface area contributed by atoms with Crippen molar-refractivity contribution in [2.24, 2.45) is 4.99 Å². The second-order valence-corrected chi connectivity index (χ2v) is 13.7. The maximum Gasteiger partial charge on any atom is 0.131 e. The van der Waals surface area contributed by atoms with Gasteiger partial charge in [0, 0.05) is 11.0 Å². The van der Waals surface area contributed by atoms with Crippen LogP contribution in [-0.4, -0.2) is 5.84 Å². The number of amidine groups is 1. The van der Waals surface area contributed by atoms with Gasteiger partial charge >= 0.3 is 0 Å². The van der Waals surface area contributed by atoms with E-state index in [-0.39, 0.29) is 17.7 Å². The number of nitrogens with one attached hydrogen (secondary N) is 2. The molecule has 9 rings (SSSR count). The van der Waals surface area contributed by atoms with E-state index in [1.165, 1.54) is 60.8 Å². The molecule has 236 valence electrons. The first-order chi connectivity index (χ1) is 24.0. The largest absolute Gasteiger partial charge is 0.350 e. The molecule has 3 nitrogen and oxygen atoms in total. The van der Waals surface area contributed by atoms with Crippen LogP contribution in [0.15, 0.2) is 169 Å². The van der Waals surface area contributed by atoms with Crippen molar-refractivity contribution in [2.45, 2.75) is 31.6 Å². The summed E-state index contributed by atoms with van der Waals surface area (Å²) in [5.74, 6) is 0.889. The molecule has 0 amide bonds. The van der Waals surface area contributed by atoms with Crippen LogP contribution in [0.5, 0.6) is 0 Å². The Morgan fingerprint density at radius 1 is 0.469 bits per heavy atom. The molecule has 2 aliphatic rings. The average molecular weight is 632 g/mol. The van der Waals surface area contributed by atoms with Gasteiger partial charge in [0.15, 0.2) is 0 Å². The average Bonchev–Trinajstić information content (AvgIpc) is 3.39. The lowest BCUT2D eigenvalue weighted by atomic mass is 9.81. The summed E-state index contributed by atoms with van der Waals surface area (Å²) in [4.78, 5) is 5.17. The number of rotatable bonds is 5. The van der Waals surface area contributed by atoms with E-state index in [1.54, 1.807) is 0 Å². The van der Waals surface area contributed by atoms with E-state index < -0.39 is 0 Å². The van der Waals surface area contributed by atoms with Crippen LogP contribution < -0.4 is 10.6 Å². The smallest absolute Gasteiger partial charge is 0.131 e. The van der Waals surface area contributed by atoms with E-state index in [0.29, 0.717) is 0 Å². The van der Waals surface area contributed by atoms with Crippen molar-refractivity contribution in [3.63, 3.8) is 0 Å². The third-order valence-corrected chi connectivity index (χ3v) is 10.3. The van der Waals surface area contributed by atoms with Crippen LogP contribution in [0.3, 0.4) is 0 Å². The van der Waals surface area contributed by atoms with Gasteiger partial charge in [0.25, 0.3) is 0 Å².